The molecule has 1 aliphatic rings. The molecular weight excluding hydrogens is 406 g/mol. The molecule has 2 heterocycles. The van der Waals surface area contributed by atoms with Crippen molar-refractivity contribution in [1.29, 1.82) is 0 Å². The molecular formula is C28H33N5. The normalized spacial score (nSPS) is 15.8. The van der Waals surface area contributed by atoms with Gasteiger partial charge in [-0.2, -0.15) is 0 Å². The smallest absolute Gasteiger partial charge is 0.124 e. The first kappa shape index (κ1) is 21.8. The van der Waals surface area contributed by atoms with Gasteiger partial charge in [-0.05, 0) is 68.0 Å². The van der Waals surface area contributed by atoms with Gasteiger partial charge in [0.15, 0.2) is 0 Å². The second-order valence-corrected chi connectivity index (χ2v) is 8.97. The van der Waals surface area contributed by atoms with Crippen LogP contribution in [0.4, 0.5) is 0 Å². The highest BCUT2D eigenvalue weighted by atomic mass is 15.2. The molecule has 2 N–H and O–H groups in total. The van der Waals surface area contributed by atoms with E-state index in [1.807, 2.05) is 6.20 Å². The van der Waals surface area contributed by atoms with Crippen LogP contribution in [0.5, 0.6) is 0 Å². The van der Waals surface area contributed by atoms with E-state index in [4.69, 9.17) is 15.7 Å². The molecule has 0 saturated carbocycles. The molecule has 2 aromatic heterocycles. The molecule has 1 unspecified atom stereocenters. The fourth-order valence-corrected chi connectivity index (χ4v) is 5.13. The Morgan fingerprint density at radius 1 is 1.00 bits per heavy atom. The first-order valence-electron chi connectivity index (χ1n) is 12.2. The van der Waals surface area contributed by atoms with E-state index in [0.717, 1.165) is 56.7 Å². The van der Waals surface area contributed by atoms with Crippen molar-refractivity contribution < 1.29 is 0 Å². The number of hydrogen-bond donors (Lipinski definition) is 1. The third kappa shape index (κ3) is 4.85. The number of pyridine rings is 1. The van der Waals surface area contributed by atoms with Gasteiger partial charge in [-0.1, -0.05) is 48.5 Å². The van der Waals surface area contributed by atoms with E-state index >= 15 is 0 Å². The maximum Gasteiger partial charge on any atom is 0.124 e. The molecule has 0 amide bonds. The Hall–Kier alpha value is -3.02. The molecule has 1 aliphatic carbocycles. The Kier molecular flexibility index (Phi) is 6.79. The Bertz CT molecular complexity index is 1180. The van der Waals surface area contributed by atoms with Crippen molar-refractivity contribution in [3.8, 4) is 0 Å². The van der Waals surface area contributed by atoms with Crippen molar-refractivity contribution in [1.82, 2.24) is 19.4 Å². The lowest BCUT2D eigenvalue weighted by atomic mass is 9.90. The molecule has 0 fully saturated rings. The van der Waals surface area contributed by atoms with Gasteiger partial charge >= 0.3 is 0 Å². The van der Waals surface area contributed by atoms with E-state index in [-0.39, 0.29) is 0 Å². The standard InChI is InChI=1S/C28H33N5/c29-17-8-19-33-25-14-5-4-13-24(25)31-27(33)21-32(20-16-22-9-2-1-3-10-22)26-15-6-11-23-12-7-18-30-28(23)26/h1-5,7,9-10,12-14,18,26H,6,8,11,15-17,19-21,29H2. The molecule has 0 saturated heterocycles. The summed E-state index contributed by atoms with van der Waals surface area (Å²) in [6, 6.07) is 23.9. The summed E-state index contributed by atoms with van der Waals surface area (Å²) in [6.45, 7) is 3.37. The van der Waals surface area contributed by atoms with Gasteiger partial charge in [-0.25, -0.2) is 4.98 Å². The average Bonchev–Trinajstić information content (AvgIpc) is 3.22. The van der Waals surface area contributed by atoms with Crippen LogP contribution >= 0.6 is 0 Å². The summed E-state index contributed by atoms with van der Waals surface area (Å²) in [5.41, 5.74) is 12.2. The Morgan fingerprint density at radius 3 is 2.73 bits per heavy atom. The van der Waals surface area contributed by atoms with Crippen LogP contribution < -0.4 is 5.73 Å². The number of hydrogen-bond acceptors (Lipinski definition) is 4. The number of para-hydroxylation sites is 2. The molecule has 33 heavy (non-hydrogen) atoms. The molecule has 5 heteroatoms. The van der Waals surface area contributed by atoms with Gasteiger partial charge in [-0.3, -0.25) is 9.88 Å². The van der Waals surface area contributed by atoms with E-state index < -0.39 is 0 Å². The van der Waals surface area contributed by atoms with Crippen molar-refractivity contribution in [2.75, 3.05) is 13.1 Å². The largest absolute Gasteiger partial charge is 0.330 e. The summed E-state index contributed by atoms with van der Waals surface area (Å²) < 4.78 is 2.37. The number of imidazole rings is 1. The van der Waals surface area contributed by atoms with Gasteiger partial charge < -0.3 is 10.3 Å². The van der Waals surface area contributed by atoms with E-state index in [1.165, 1.54) is 28.8 Å². The maximum atomic E-state index is 5.87. The quantitative estimate of drug-likeness (QED) is 0.403. The highest BCUT2D eigenvalue weighted by Gasteiger charge is 2.28. The maximum absolute atomic E-state index is 5.87. The van der Waals surface area contributed by atoms with Gasteiger partial charge in [0.2, 0.25) is 0 Å². The second kappa shape index (κ2) is 10.3. The molecule has 5 rings (SSSR count). The lowest BCUT2D eigenvalue weighted by Crippen LogP contribution is -2.34. The Morgan fingerprint density at radius 2 is 1.85 bits per heavy atom. The predicted molar refractivity (Wildman–Crippen MR) is 134 cm³/mol. The second-order valence-electron chi connectivity index (χ2n) is 8.97. The monoisotopic (exact) mass is 439 g/mol. The Labute approximate surface area is 196 Å². The summed E-state index contributed by atoms with van der Waals surface area (Å²) >= 11 is 0. The summed E-state index contributed by atoms with van der Waals surface area (Å²) in [5.74, 6) is 1.13. The molecule has 4 aromatic rings. The van der Waals surface area contributed by atoms with Crippen LogP contribution in [0.15, 0.2) is 72.9 Å². The minimum Gasteiger partial charge on any atom is -0.330 e. The van der Waals surface area contributed by atoms with Crippen LogP contribution in [-0.2, 0) is 25.9 Å². The van der Waals surface area contributed by atoms with Crippen LogP contribution in [0.25, 0.3) is 11.0 Å². The fraction of sp³-hybridized carbons (Fsp3) is 0.357. The topological polar surface area (TPSA) is 60.0 Å². The average molecular weight is 440 g/mol. The van der Waals surface area contributed by atoms with E-state index in [0.29, 0.717) is 12.6 Å². The summed E-state index contributed by atoms with van der Waals surface area (Å²) in [5, 5.41) is 0. The lowest BCUT2D eigenvalue weighted by Gasteiger charge is -2.35. The van der Waals surface area contributed by atoms with Crippen molar-refractivity contribution in [3.05, 3.63) is 95.6 Å². The van der Waals surface area contributed by atoms with Gasteiger partial charge in [-0.15, -0.1) is 0 Å². The molecule has 0 spiro atoms. The van der Waals surface area contributed by atoms with E-state index in [1.54, 1.807) is 0 Å². The molecule has 0 radical (unpaired) electrons. The third-order valence-corrected chi connectivity index (χ3v) is 6.80. The molecule has 2 aromatic carbocycles. The zero-order valence-corrected chi connectivity index (χ0v) is 19.2. The molecule has 1 atom stereocenters. The van der Waals surface area contributed by atoms with Crippen molar-refractivity contribution in [2.45, 2.75) is 51.2 Å². The number of aromatic nitrogens is 3. The summed E-state index contributed by atoms with van der Waals surface area (Å²) in [6.07, 6.45) is 7.38. The molecule has 5 nitrogen and oxygen atoms in total. The van der Waals surface area contributed by atoms with Crippen molar-refractivity contribution in [2.24, 2.45) is 5.73 Å². The minimum absolute atomic E-state index is 0.321. The number of rotatable bonds is 9. The van der Waals surface area contributed by atoms with Crippen molar-refractivity contribution >= 4 is 11.0 Å². The summed E-state index contributed by atoms with van der Waals surface area (Å²) in [7, 11) is 0. The van der Waals surface area contributed by atoms with Gasteiger partial charge in [0.1, 0.15) is 5.82 Å². The van der Waals surface area contributed by atoms with Gasteiger partial charge in [0.25, 0.3) is 0 Å². The predicted octanol–water partition coefficient (Wildman–Crippen LogP) is 4.90. The number of fused-ring (bicyclic) bond motifs is 2. The first-order valence-corrected chi connectivity index (χ1v) is 12.2. The SMILES string of the molecule is NCCCn1c(CN(CCc2ccccc2)C2CCCc3cccnc32)nc2ccccc21. The molecule has 0 bridgehead atoms. The van der Waals surface area contributed by atoms with Gasteiger partial charge in [0, 0.05) is 19.3 Å². The van der Waals surface area contributed by atoms with E-state index in [2.05, 4.69) is 76.2 Å². The third-order valence-electron chi connectivity index (χ3n) is 6.80. The number of benzene rings is 2. The van der Waals surface area contributed by atoms with Crippen LogP contribution in [0, 0.1) is 0 Å². The fourth-order valence-electron chi connectivity index (χ4n) is 5.13. The minimum atomic E-state index is 0.321. The molecule has 0 aliphatic heterocycles. The number of aryl methyl sites for hydroxylation is 2. The summed E-state index contributed by atoms with van der Waals surface area (Å²) in [4.78, 5) is 12.5. The van der Waals surface area contributed by atoms with Gasteiger partial charge in [0.05, 0.1) is 29.3 Å². The highest BCUT2D eigenvalue weighted by molar-refractivity contribution is 5.75. The Balaban J connectivity index is 1.49. The first-order chi connectivity index (χ1) is 16.3. The van der Waals surface area contributed by atoms with Crippen LogP contribution in [0.1, 0.15) is 47.9 Å². The van der Waals surface area contributed by atoms with Crippen LogP contribution in [0.3, 0.4) is 0 Å². The zero-order chi connectivity index (χ0) is 22.5. The lowest BCUT2D eigenvalue weighted by molar-refractivity contribution is 0.162. The molecule has 170 valence electrons. The number of nitrogens with zero attached hydrogens (tertiary/aromatic N) is 4. The van der Waals surface area contributed by atoms with E-state index in [9.17, 15) is 0 Å². The zero-order valence-electron chi connectivity index (χ0n) is 19.2. The van der Waals surface area contributed by atoms with Crippen molar-refractivity contribution in [3.63, 3.8) is 0 Å². The highest BCUT2D eigenvalue weighted by Crippen LogP contribution is 2.34. The number of nitrogens with two attached hydrogens (primary N) is 1. The van der Waals surface area contributed by atoms with Crippen LogP contribution in [-0.4, -0.2) is 32.5 Å². The van der Waals surface area contributed by atoms with Crippen LogP contribution in [0.2, 0.25) is 0 Å².